The Morgan fingerprint density at radius 2 is 1.36 bits per heavy atom. The Morgan fingerprint density at radius 1 is 1.00 bits per heavy atom. The SMILES string of the molecule is O=P(Cl)(C1CCC1)C1CCC1. The number of halogens is 1. The lowest BCUT2D eigenvalue weighted by molar-refractivity contribution is 0.440. The Hall–Kier alpha value is 0.520. The topological polar surface area (TPSA) is 17.1 Å². The van der Waals surface area contributed by atoms with E-state index in [9.17, 15) is 4.57 Å². The predicted octanol–water partition coefficient (Wildman–Crippen LogP) is 3.61. The van der Waals surface area contributed by atoms with Gasteiger partial charge < -0.3 is 4.57 Å². The Bertz CT molecular complexity index is 178. The first-order valence-corrected chi connectivity index (χ1v) is 7.25. The zero-order chi connectivity index (χ0) is 7.90. The standard InChI is InChI=1S/C8H14ClOP/c9-11(10,7-3-1-4-7)8-5-2-6-8/h7-8H,1-6H2. The van der Waals surface area contributed by atoms with Crippen LogP contribution in [0.1, 0.15) is 38.5 Å². The average Bonchev–Trinajstić information content (AvgIpc) is 1.46. The monoisotopic (exact) mass is 192 g/mol. The molecule has 0 unspecified atom stereocenters. The third-order valence-corrected chi connectivity index (χ3v) is 7.83. The quantitative estimate of drug-likeness (QED) is 0.611. The first kappa shape index (κ1) is 8.13. The lowest BCUT2D eigenvalue weighted by Gasteiger charge is -2.38. The van der Waals surface area contributed by atoms with Crippen molar-refractivity contribution in [3.63, 3.8) is 0 Å². The van der Waals surface area contributed by atoms with Gasteiger partial charge in [0.1, 0.15) is 0 Å². The molecular formula is C8H14ClOP. The molecule has 0 aromatic heterocycles. The van der Waals surface area contributed by atoms with E-state index in [1.165, 1.54) is 12.8 Å². The van der Waals surface area contributed by atoms with Gasteiger partial charge >= 0.3 is 0 Å². The highest BCUT2D eigenvalue weighted by molar-refractivity contribution is 7.90. The van der Waals surface area contributed by atoms with Crippen LogP contribution in [0.5, 0.6) is 0 Å². The first-order valence-electron chi connectivity index (χ1n) is 4.50. The normalized spacial score (nSPS) is 27.7. The van der Waals surface area contributed by atoms with Crippen LogP contribution in [0.25, 0.3) is 0 Å². The molecule has 0 aliphatic heterocycles. The summed E-state index contributed by atoms with van der Waals surface area (Å²) in [6.07, 6.45) is 6.98. The smallest absolute Gasteiger partial charge is 0.175 e. The van der Waals surface area contributed by atoms with Gasteiger partial charge in [0, 0.05) is 11.3 Å². The van der Waals surface area contributed by atoms with E-state index < -0.39 is 6.49 Å². The molecule has 0 aromatic rings. The molecule has 0 atom stereocenters. The first-order chi connectivity index (χ1) is 5.21. The van der Waals surface area contributed by atoms with Crippen LogP contribution in [0.4, 0.5) is 0 Å². The lowest BCUT2D eigenvalue weighted by atomic mass is 9.99. The summed E-state index contributed by atoms with van der Waals surface area (Å²) >= 11 is 6.10. The maximum Gasteiger partial charge on any atom is 0.175 e. The van der Waals surface area contributed by atoms with Gasteiger partial charge in [-0.1, -0.05) is 24.1 Å². The van der Waals surface area contributed by atoms with Crippen molar-refractivity contribution in [1.29, 1.82) is 0 Å². The molecule has 64 valence electrons. The van der Waals surface area contributed by atoms with Gasteiger partial charge in [-0.2, -0.15) is 0 Å². The molecule has 0 aromatic carbocycles. The van der Waals surface area contributed by atoms with Gasteiger partial charge in [0.05, 0.1) is 0 Å². The third-order valence-electron chi connectivity index (χ3n) is 3.15. The van der Waals surface area contributed by atoms with Crippen LogP contribution in [0.15, 0.2) is 0 Å². The van der Waals surface area contributed by atoms with Crippen LogP contribution in [0.3, 0.4) is 0 Å². The van der Waals surface area contributed by atoms with Gasteiger partial charge in [0.2, 0.25) is 0 Å². The molecule has 1 nitrogen and oxygen atoms in total. The largest absolute Gasteiger partial charge is 0.306 e. The van der Waals surface area contributed by atoms with Gasteiger partial charge in [-0.25, -0.2) is 0 Å². The summed E-state index contributed by atoms with van der Waals surface area (Å²) in [7, 11) is 0. The van der Waals surface area contributed by atoms with E-state index in [1.807, 2.05) is 0 Å². The van der Waals surface area contributed by atoms with Gasteiger partial charge in [-0.15, -0.1) is 0 Å². The molecule has 3 heteroatoms. The molecule has 0 N–H and O–H groups in total. The third kappa shape index (κ3) is 1.27. The zero-order valence-electron chi connectivity index (χ0n) is 6.63. The van der Waals surface area contributed by atoms with Crippen LogP contribution in [-0.2, 0) is 4.57 Å². The molecule has 0 bridgehead atoms. The minimum Gasteiger partial charge on any atom is -0.306 e. The summed E-state index contributed by atoms with van der Waals surface area (Å²) < 4.78 is 11.9. The molecule has 2 rings (SSSR count). The van der Waals surface area contributed by atoms with Crippen LogP contribution >= 0.6 is 17.7 Å². The van der Waals surface area contributed by atoms with E-state index in [0.717, 1.165) is 25.7 Å². The predicted molar refractivity (Wildman–Crippen MR) is 48.7 cm³/mol. The number of hydrogen-bond acceptors (Lipinski definition) is 1. The summed E-state index contributed by atoms with van der Waals surface area (Å²) in [6, 6.07) is 0. The van der Waals surface area contributed by atoms with Crippen molar-refractivity contribution >= 4 is 17.7 Å². The van der Waals surface area contributed by atoms with Crippen LogP contribution < -0.4 is 0 Å². The van der Waals surface area contributed by atoms with Crippen molar-refractivity contribution in [3.05, 3.63) is 0 Å². The summed E-state index contributed by atoms with van der Waals surface area (Å²) in [5.74, 6) is 0. The minimum atomic E-state index is -2.23. The van der Waals surface area contributed by atoms with Crippen molar-refractivity contribution < 1.29 is 4.57 Å². The highest BCUT2D eigenvalue weighted by Gasteiger charge is 2.43. The second kappa shape index (κ2) is 2.78. The van der Waals surface area contributed by atoms with E-state index in [-0.39, 0.29) is 0 Å². The van der Waals surface area contributed by atoms with E-state index in [4.69, 9.17) is 11.2 Å². The Kier molecular flexibility index (Phi) is 2.06. The van der Waals surface area contributed by atoms with E-state index in [2.05, 4.69) is 0 Å². The summed E-state index contributed by atoms with van der Waals surface area (Å²) in [6.45, 7) is -2.23. The molecule has 0 saturated heterocycles. The van der Waals surface area contributed by atoms with Gasteiger partial charge in [-0.05, 0) is 25.7 Å². The van der Waals surface area contributed by atoms with Gasteiger partial charge in [0.25, 0.3) is 0 Å². The van der Waals surface area contributed by atoms with Crippen molar-refractivity contribution in [3.8, 4) is 0 Å². The van der Waals surface area contributed by atoms with E-state index in [1.54, 1.807) is 0 Å². The molecule has 2 saturated carbocycles. The molecule has 0 amide bonds. The maximum absolute atomic E-state index is 11.9. The minimum absolute atomic E-state index is 0.398. The Balaban J connectivity index is 2.01. The highest BCUT2D eigenvalue weighted by atomic mass is 35.7. The summed E-state index contributed by atoms with van der Waals surface area (Å²) in [5, 5.41) is 0. The van der Waals surface area contributed by atoms with Crippen molar-refractivity contribution in [1.82, 2.24) is 0 Å². The maximum atomic E-state index is 11.9. The van der Waals surface area contributed by atoms with E-state index >= 15 is 0 Å². The van der Waals surface area contributed by atoms with Gasteiger partial charge in [0.15, 0.2) is 6.49 Å². The van der Waals surface area contributed by atoms with Crippen LogP contribution in [-0.4, -0.2) is 11.3 Å². The molecular weight excluding hydrogens is 179 g/mol. The average molecular weight is 193 g/mol. The fourth-order valence-electron chi connectivity index (χ4n) is 1.78. The second-order valence-electron chi connectivity index (χ2n) is 3.79. The molecule has 0 heterocycles. The van der Waals surface area contributed by atoms with E-state index in [0.29, 0.717) is 11.3 Å². The molecule has 2 aliphatic rings. The fraction of sp³-hybridized carbons (Fsp3) is 1.00. The zero-order valence-corrected chi connectivity index (χ0v) is 8.28. The summed E-state index contributed by atoms with van der Waals surface area (Å²) in [4.78, 5) is 0. The molecule has 0 spiro atoms. The molecule has 11 heavy (non-hydrogen) atoms. The highest BCUT2D eigenvalue weighted by Crippen LogP contribution is 2.69. The molecule has 0 radical (unpaired) electrons. The summed E-state index contributed by atoms with van der Waals surface area (Å²) in [5.41, 5.74) is 0.795. The van der Waals surface area contributed by atoms with Crippen LogP contribution in [0.2, 0.25) is 0 Å². The molecule has 2 aliphatic carbocycles. The molecule has 2 fully saturated rings. The van der Waals surface area contributed by atoms with Crippen LogP contribution in [0, 0.1) is 0 Å². The van der Waals surface area contributed by atoms with Crippen molar-refractivity contribution in [2.45, 2.75) is 49.8 Å². The number of hydrogen-bond donors (Lipinski definition) is 0. The second-order valence-corrected chi connectivity index (χ2v) is 8.09. The van der Waals surface area contributed by atoms with Gasteiger partial charge in [-0.3, -0.25) is 0 Å². The van der Waals surface area contributed by atoms with Crippen molar-refractivity contribution in [2.24, 2.45) is 0 Å². The Morgan fingerprint density at radius 3 is 1.55 bits per heavy atom. The van der Waals surface area contributed by atoms with Crippen molar-refractivity contribution in [2.75, 3.05) is 0 Å². The number of rotatable bonds is 2. The Labute approximate surface area is 72.7 Å². The fourth-order valence-corrected chi connectivity index (χ4v) is 5.68. The lowest BCUT2D eigenvalue weighted by Crippen LogP contribution is -2.26.